The molecule has 0 amide bonds. The first-order valence-electron chi connectivity index (χ1n) is 6.80. The van der Waals surface area contributed by atoms with Gasteiger partial charge in [0, 0.05) is 17.7 Å². The maximum absolute atomic E-state index is 10.8. The maximum Gasteiger partial charge on any atom is 0.270 e. The van der Waals surface area contributed by atoms with E-state index >= 15 is 0 Å². The number of hydrogen-bond acceptors (Lipinski definition) is 5. The van der Waals surface area contributed by atoms with Gasteiger partial charge >= 0.3 is 0 Å². The second-order valence-corrected chi connectivity index (χ2v) is 5.16. The zero-order valence-electron chi connectivity index (χ0n) is 11.4. The number of nitrogens with zero attached hydrogens (tertiary/aromatic N) is 1. The van der Waals surface area contributed by atoms with Crippen LogP contribution >= 0.6 is 0 Å². The number of nitro groups is 1. The van der Waals surface area contributed by atoms with Crippen LogP contribution in [-0.2, 0) is 0 Å². The second-order valence-electron chi connectivity index (χ2n) is 5.16. The van der Waals surface area contributed by atoms with Gasteiger partial charge < -0.3 is 14.9 Å². The van der Waals surface area contributed by atoms with Gasteiger partial charge in [-0.2, -0.15) is 0 Å². The molecule has 0 spiro atoms. The van der Waals surface area contributed by atoms with Crippen LogP contribution in [0.3, 0.4) is 0 Å². The predicted octanol–water partition coefficient (Wildman–Crippen LogP) is 2.33. The van der Waals surface area contributed by atoms with E-state index < -0.39 is 17.1 Å². The molecule has 1 aliphatic carbocycles. The number of hydrogen-bond donors (Lipinski definition) is 2. The molecule has 1 aromatic carbocycles. The molecule has 1 fully saturated rings. The maximum atomic E-state index is 10.8. The number of aliphatic hydroxyl groups excluding tert-OH is 2. The fourth-order valence-electron chi connectivity index (χ4n) is 2.46. The average molecular weight is 281 g/mol. The monoisotopic (exact) mass is 281 g/mol. The van der Waals surface area contributed by atoms with E-state index in [1.165, 1.54) is 25.1 Å². The van der Waals surface area contributed by atoms with Gasteiger partial charge in [-0.3, -0.25) is 10.1 Å². The Hall–Kier alpha value is -1.66. The molecular weight excluding hydrogens is 262 g/mol. The van der Waals surface area contributed by atoms with Crippen LogP contribution in [0.5, 0.6) is 5.75 Å². The molecule has 0 saturated heterocycles. The van der Waals surface area contributed by atoms with E-state index in [1.807, 2.05) is 0 Å². The summed E-state index contributed by atoms with van der Waals surface area (Å²) in [5, 5.41) is 30.4. The predicted molar refractivity (Wildman–Crippen MR) is 72.6 cm³/mol. The average Bonchev–Trinajstić information content (AvgIpc) is 2.41. The Kier molecular flexibility index (Phi) is 4.57. The largest absolute Gasteiger partial charge is 0.487 e. The molecule has 0 heterocycles. The minimum Gasteiger partial charge on any atom is -0.487 e. The molecule has 2 N–H and O–H groups in total. The number of non-ortho nitro benzene ring substituents is 1. The number of benzene rings is 1. The minimum atomic E-state index is -0.870. The highest BCUT2D eigenvalue weighted by atomic mass is 16.6. The van der Waals surface area contributed by atoms with Crippen molar-refractivity contribution in [3.05, 3.63) is 33.9 Å². The quantitative estimate of drug-likeness (QED) is 0.652. The van der Waals surface area contributed by atoms with E-state index in [-0.39, 0.29) is 11.8 Å². The van der Waals surface area contributed by atoms with E-state index in [0.29, 0.717) is 17.7 Å². The van der Waals surface area contributed by atoms with E-state index in [9.17, 15) is 20.3 Å². The molecule has 0 bridgehead atoms. The van der Waals surface area contributed by atoms with Crippen LogP contribution < -0.4 is 4.74 Å². The topological polar surface area (TPSA) is 92.8 Å². The van der Waals surface area contributed by atoms with Crippen molar-refractivity contribution in [2.45, 2.75) is 50.9 Å². The summed E-state index contributed by atoms with van der Waals surface area (Å²) in [6.07, 6.45) is 1.69. The third-order valence-electron chi connectivity index (χ3n) is 3.60. The van der Waals surface area contributed by atoms with Crippen molar-refractivity contribution in [3.63, 3.8) is 0 Å². The molecule has 0 radical (unpaired) electrons. The Labute approximate surface area is 117 Å². The summed E-state index contributed by atoms with van der Waals surface area (Å²) >= 11 is 0. The molecule has 6 nitrogen and oxygen atoms in total. The Morgan fingerprint density at radius 1 is 1.40 bits per heavy atom. The first kappa shape index (κ1) is 14.7. The molecular formula is C14H19NO5. The van der Waals surface area contributed by atoms with Crippen molar-refractivity contribution in [1.29, 1.82) is 0 Å². The van der Waals surface area contributed by atoms with Gasteiger partial charge in [0.15, 0.2) is 0 Å². The molecule has 1 aromatic rings. The first-order chi connectivity index (χ1) is 9.49. The summed E-state index contributed by atoms with van der Waals surface area (Å²) in [5.41, 5.74) is 0.286. The van der Waals surface area contributed by atoms with Crippen molar-refractivity contribution in [1.82, 2.24) is 0 Å². The van der Waals surface area contributed by atoms with Gasteiger partial charge in [-0.05, 0) is 32.3 Å². The zero-order chi connectivity index (χ0) is 14.7. The summed E-state index contributed by atoms with van der Waals surface area (Å²) in [6.45, 7) is 1.53. The number of aliphatic hydroxyl groups is 2. The van der Waals surface area contributed by atoms with E-state index in [1.54, 1.807) is 0 Å². The Morgan fingerprint density at radius 2 is 2.10 bits per heavy atom. The van der Waals surface area contributed by atoms with Gasteiger partial charge in [-0.1, -0.05) is 6.42 Å². The van der Waals surface area contributed by atoms with Gasteiger partial charge in [0.1, 0.15) is 11.9 Å². The molecule has 2 rings (SSSR count). The Balaban J connectivity index is 2.24. The van der Waals surface area contributed by atoms with Crippen molar-refractivity contribution < 1.29 is 19.9 Å². The number of nitro benzene ring substituents is 1. The van der Waals surface area contributed by atoms with E-state index in [4.69, 9.17) is 4.74 Å². The number of rotatable bonds is 4. The smallest absolute Gasteiger partial charge is 0.270 e. The lowest BCUT2D eigenvalue weighted by atomic mass is 9.94. The van der Waals surface area contributed by atoms with E-state index in [2.05, 4.69) is 0 Å². The van der Waals surface area contributed by atoms with Gasteiger partial charge in [-0.25, -0.2) is 0 Å². The van der Waals surface area contributed by atoms with Crippen LogP contribution in [0.25, 0.3) is 0 Å². The number of ether oxygens (including phenoxy) is 1. The van der Waals surface area contributed by atoms with Gasteiger partial charge in [0.25, 0.3) is 5.69 Å². The summed E-state index contributed by atoms with van der Waals surface area (Å²) in [7, 11) is 0. The molecule has 20 heavy (non-hydrogen) atoms. The fourth-order valence-corrected chi connectivity index (χ4v) is 2.46. The van der Waals surface area contributed by atoms with Crippen LogP contribution in [0.15, 0.2) is 18.2 Å². The molecule has 1 saturated carbocycles. The summed E-state index contributed by atoms with van der Waals surface area (Å²) in [6, 6.07) is 4.15. The standard InChI is InChI=1S/C14H19NO5/c1-9(16)11-8-10(15(18)19)6-7-13(11)20-14-5-3-2-4-12(14)17/h6-9,12,14,16-17H,2-5H2,1H3. The SMILES string of the molecule is CC(O)c1cc([N+](=O)[O-])ccc1OC1CCCCC1O. The van der Waals surface area contributed by atoms with Crippen molar-refractivity contribution >= 4 is 5.69 Å². The van der Waals surface area contributed by atoms with E-state index in [0.717, 1.165) is 19.3 Å². The fraction of sp³-hybridized carbons (Fsp3) is 0.571. The van der Waals surface area contributed by atoms with Crippen LogP contribution in [-0.4, -0.2) is 27.3 Å². The molecule has 0 aliphatic heterocycles. The summed E-state index contributed by atoms with van der Waals surface area (Å²) in [4.78, 5) is 10.3. The lowest BCUT2D eigenvalue weighted by molar-refractivity contribution is -0.385. The molecule has 0 aromatic heterocycles. The van der Waals surface area contributed by atoms with Gasteiger partial charge in [-0.15, -0.1) is 0 Å². The molecule has 6 heteroatoms. The van der Waals surface area contributed by atoms with Gasteiger partial charge in [0.2, 0.25) is 0 Å². The normalized spacial score (nSPS) is 24.1. The summed E-state index contributed by atoms with van der Waals surface area (Å²) < 4.78 is 5.76. The second kappa shape index (κ2) is 6.19. The van der Waals surface area contributed by atoms with Crippen LogP contribution in [0, 0.1) is 10.1 Å². The zero-order valence-corrected chi connectivity index (χ0v) is 11.4. The lowest BCUT2D eigenvalue weighted by Crippen LogP contribution is -2.34. The molecule has 3 atom stereocenters. The highest BCUT2D eigenvalue weighted by Gasteiger charge is 2.26. The third-order valence-corrected chi connectivity index (χ3v) is 3.60. The van der Waals surface area contributed by atoms with Crippen molar-refractivity contribution in [3.8, 4) is 5.75 Å². The molecule has 3 unspecified atom stereocenters. The highest BCUT2D eigenvalue weighted by Crippen LogP contribution is 2.32. The minimum absolute atomic E-state index is 0.0857. The van der Waals surface area contributed by atoms with Crippen molar-refractivity contribution in [2.24, 2.45) is 0 Å². The highest BCUT2D eigenvalue weighted by molar-refractivity contribution is 5.45. The lowest BCUT2D eigenvalue weighted by Gasteiger charge is -2.29. The molecule has 1 aliphatic rings. The van der Waals surface area contributed by atoms with Crippen molar-refractivity contribution in [2.75, 3.05) is 0 Å². The summed E-state index contributed by atoms with van der Waals surface area (Å²) in [5.74, 6) is 0.400. The molecule has 110 valence electrons. The van der Waals surface area contributed by atoms with Crippen LogP contribution in [0.4, 0.5) is 5.69 Å². The Bertz CT molecular complexity index is 488. The van der Waals surface area contributed by atoms with Gasteiger partial charge in [0.05, 0.1) is 17.1 Å². The van der Waals surface area contributed by atoms with Crippen LogP contribution in [0.1, 0.15) is 44.3 Å². The Morgan fingerprint density at radius 3 is 2.70 bits per heavy atom. The first-order valence-corrected chi connectivity index (χ1v) is 6.80. The van der Waals surface area contributed by atoms with Crippen LogP contribution in [0.2, 0.25) is 0 Å². The third kappa shape index (κ3) is 3.26.